The molecule has 3 heterocycles. The Hall–Kier alpha value is -1.68. The molecule has 1 aliphatic heterocycles. The van der Waals surface area contributed by atoms with Crippen molar-refractivity contribution in [1.29, 1.82) is 0 Å². The molecule has 0 saturated carbocycles. The SMILES string of the molecule is Cc1ccc(CN2CCn3nccc3C2)nc1. The molecule has 0 unspecified atom stereocenters. The molecule has 0 radical (unpaired) electrons. The Bertz CT molecular complexity index is 500. The van der Waals surface area contributed by atoms with Gasteiger partial charge in [-0.3, -0.25) is 14.6 Å². The maximum atomic E-state index is 4.45. The summed E-state index contributed by atoms with van der Waals surface area (Å²) < 4.78 is 2.08. The molecule has 1 aliphatic rings. The molecule has 88 valence electrons. The van der Waals surface area contributed by atoms with Crippen molar-refractivity contribution in [3.05, 3.63) is 47.5 Å². The number of aryl methyl sites for hydroxylation is 1. The minimum Gasteiger partial charge on any atom is -0.290 e. The van der Waals surface area contributed by atoms with E-state index in [1.54, 1.807) is 0 Å². The molecule has 17 heavy (non-hydrogen) atoms. The molecule has 0 fully saturated rings. The largest absolute Gasteiger partial charge is 0.290 e. The van der Waals surface area contributed by atoms with Crippen LogP contribution in [-0.4, -0.2) is 26.2 Å². The van der Waals surface area contributed by atoms with Crippen LogP contribution in [0.5, 0.6) is 0 Å². The van der Waals surface area contributed by atoms with Gasteiger partial charge in [0.1, 0.15) is 0 Å². The molecule has 3 rings (SSSR count). The first kappa shape index (κ1) is 10.5. The van der Waals surface area contributed by atoms with Gasteiger partial charge in [-0.15, -0.1) is 0 Å². The Morgan fingerprint density at radius 3 is 3.00 bits per heavy atom. The van der Waals surface area contributed by atoms with Gasteiger partial charge in [0.15, 0.2) is 0 Å². The van der Waals surface area contributed by atoms with Crippen LogP contribution in [0.3, 0.4) is 0 Å². The van der Waals surface area contributed by atoms with Crippen LogP contribution >= 0.6 is 0 Å². The maximum Gasteiger partial charge on any atom is 0.0544 e. The zero-order valence-corrected chi connectivity index (χ0v) is 10.0. The lowest BCUT2D eigenvalue weighted by atomic mass is 10.2. The monoisotopic (exact) mass is 228 g/mol. The Morgan fingerprint density at radius 2 is 2.18 bits per heavy atom. The predicted molar refractivity (Wildman–Crippen MR) is 65.3 cm³/mol. The van der Waals surface area contributed by atoms with Gasteiger partial charge in [-0.05, 0) is 24.6 Å². The molecule has 0 spiro atoms. The molecule has 2 aromatic heterocycles. The van der Waals surface area contributed by atoms with Gasteiger partial charge in [0.25, 0.3) is 0 Å². The van der Waals surface area contributed by atoms with Gasteiger partial charge in [0, 0.05) is 32.0 Å². The van der Waals surface area contributed by atoms with Crippen LogP contribution in [0.25, 0.3) is 0 Å². The fraction of sp³-hybridized carbons (Fsp3) is 0.385. The van der Waals surface area contributed by atoms with Gasteiger partial charge in [-0.1, -0.05) is 6.07 Å². The van der Waals surface area contributed by atoms with Crippen molar-refractivity contribution in [1.82, 2.24) is 19.7 Å². The van der Waals surface area contributed by atoms with E-state index < -0.39 is 0 Å². The van der Waals surface area contributed by atoms with E-state index in [1.165, 1.54) is 11.3 Å². The van der Waals surface area contributed by atoms with Crippen molar-refractivity contribution in [3.8, 4) is 0 Å². The maximum absolute atomic E-state index is 4.45. The van der Waals surface area contributed by atoms with Crippen molar-refractivity contribution in [2.75, 3.05) is 6.54 Å². The molecule has 0 N–H and O–H groups in total. The first-order valence-corrected chi connectivity index (χ1v) is 5.96. The van der Waals surface area contributed by atoms with Gasteiger partial charge in [-0.2, -0.15) is 5.10 Å². The summed E-state index contributed by atoms with van der Waals surface area (Å²) in [4.78, 5) is 6.86. The number of rotatable bonds is 2. The molecule has 4 nitrogen and oxygen atoms in total. The van der Waals surface area contributed by atoms with E-state index in [9.17, 15) is 0 Å². The minimum absolute atomic E-state index is 0.922. The lowest BCUT2D eigenvalue weighted by Crippen LogP contribution is -2.33. The van der Waals surface area contributed by atoms with Gasteiger partial charge in [0.2, 0.25) is 0 Å². The second kappa shape index (κ2) is 4.30. The number of nitrogens with zero attached hydrogens (tertiary/aromatic N) is 4. The summed E-state index contributed by atoms with van der Waals surface area (Å²) in [6, 6.07) is 6.33. The van der Waals surface area contributed by atoms with Crippen LogP contribution in [0.2, 0.25) is 0 Å². The van der Waals surface area contributed by atoms with Gasteiger partial charge >= 0.3 is 0 Å². The summed E-state index contributed by atoms with van der Waals surface area (Å²) in [5.74, 6) is 0. The second-order valence-electron chi connectivity index (χ2n) is 4.58. The lowest BCUT2D eigenvalue weighted by molar-refractivity contribution is 0.203. The van der Waals surface area contributed by atoms with Gasteiger partial charge in [0.05, 0.1) is 17.9 Å². The minimum atomic E-state index is 0.922. The molecule has 0 amide bonds. The molecule has 2 aromatic rings. The Morgan fingerprint density at radius 1 is 1.24 bits per heavy atom. The van der Waals surface area contributed by atoms with E-state index in [1.807, 2.05) is 12.4 Å². The third kappa shape index (κ3) is 2.22. The quantitative estimate of drug-likeness (QED) is 0.783. The molecule has 0 aromatic carbocycles. The Balaban J connectivity index is 1.69. The normalized spacial score (nSPS) is 15.8. The fourth-order valence-corrected chi connectivity index (χ4v) is 2.20. The van der Waals surface area contributed by atoms with Crippen LogP contribution in [0.1, 0.15) is 17.0 Å². The third-order valence-electron chi connectivity index (χ3n) is 3.18. The predicted octanol–water partition coefficient (Wildman–Crippen LogP) is 1.60. The van der Waals surface area contributed by atoms with E-state index in [4.69, 9.17) is 0 Å². The topological polar surface area (TPSA) is 34.0 Å². The summed E-state index contributed by atoms with van der Waals surface area (Å²) in [5, 5.41) is 4.28. The van der Waals surface area contributed by atoms with Crippen molar-refractivity contribution in [3.63, 3.8) is 0 Å². The van der Waals surface area contributed by atoms with E-state index in [2.05, 4.69) is 44.8 Å². The number of fused-ring (bicyclic) bond motifs is 1. The highest BCUT2D eigenvalue weighted by Gasteiger charge is 2.16. The lowest BCUT2D eigenvalue weighted by Gasteiger charge is -2.27. The summed E-state index contributed by atoms with van der Waals surface area (Å²) in [7, 11) is 0. The van der Waals surface area contributed by atoms with Crippen LogP contribution in [-0.2, 0) is 19.6 Å². The fourth-order valence-electron chi connectivity index (χ4n) is 2.20. The van der Waals surface area contributed by atoms with Crippen LogP contribution < -0.4 is 0 Å². The average molecular weight is 228 g/mol. The van der Waals surface area contributed by atoms with E-state index in [0.29, 0.717) is 0 Å². The summed E-state index contributed by atoms with van der Waals surface area (Å²) in [6.45, 7) is 5.98. The van der Waals surface area contributed by atoms with E-state index in [-0.39, 0.29) is 0 Å². The Kier molecular flexibility index (Phi) is 2.65. The number of aromatic nitrogens is 3. The van der Waals surface area contributed by atoms with Crippen molar-refractivity contribution in [2.24, 2.45) is 0 Å². The first-order valence-electron chi connectivity index (χ1n) is 5.96. The highest BCUT2D eigenvalue weighted by Crippen LogP contribution is 2.13. The average Bonchev–Trinajstić information content (AvgIpc) is 2.79. The van der Waals surface area contributed by atoms with Crippen LogP contribution in [0.15, 0.2) is 30.6 Å². The summed E-state index contributed by atoms with van der Waals surface area (Å²) in [5.41, 5.74) is 3.65. The standard InChI is InChI=1S/C13H16N4/c1-11-2-3-12(14-8-11)9-16-6-7-17-13(10-16)4-5-15-17/h2-5,8H,6-7,9-10H2,1H3. The molecule has 0 aliphatic carbocycles. The third-order valence-corrected chi connectivity index (χ3v) is 3.18. The highest BCUT2D eigenvalue weighted by molar-refractivity contribution is 5.12. The van der Waals surface area contributed by atoms with Crippen molar-refractivity contribution >= 4 is 0 Å². The van der Waals surface area contributed by atoms with Crippen LogP contribution in [0, 0.1) is 6.92 Å². The first-order chi connectivity index (χ1) is 8.31. The summed E-state index contributed by atoms with van der Waals surface area (Å²) >= 11 is 0. The summed E-state index contributed by atoms with van der Waals surface area (Å²) in [6.07, 6.45) is 3.81. The van der Waals surface area contributed by atoms with Crippen molar-refractivity contribution in [2.45, 2.75) is 26.6 Å². The number of hydrogen-bond donors (Lipinski definition) is 0. The molecular formula is C13H16N4. The number of hydrogen-bond acceptors (Lipinski definition) is 3. The molecule has 0 saturated heterocycles. The number of pyridine rings is 1. The molecule has 4 heteroatoms. The van der Waals surface area contributed by atoms with Gasteiger partial charge in [-0.25, -0.2) is 0 Å². The Labute approximate surface area is 101 Å². The van der Waals surface area contributed by atoms with E-state index >= 15 is 0 Å². The molecule has 0 atom stereocenters. The van der Waals surface area contributed by atoms with Crippen LogP contribution in [0.4, 0.5) is 0 Å². The molecule has 0 bridgehead atoms. The zero-order chi connectivity index (χ0) is 11.7. The highest BCUT2D eigenvalue weighted by atomic mass is 15.3. The van der Waals surface area contributed by atoms with Gasteiger partial charge < -0.3 is 0 Å². The van der Waals surface area contributed by atoms with E-state index in [0.717, 1.165) is 31.9 Å². The smallest absolute Gasteiger partial charge is 0.0544 e. The second-order valence-corrected chi connectivity index (χ2v) is 4.58. The zero-order valence-electron chi connectivity index (χ0n) is 10.0. The molecular weight excluding hydrogens is 212 g/mol. The van der Waals surface area contributed by atoms with Crippen molar-refractivity contribution < 1.29 is 0 Å².